The highest BCUT2D eigenvalue weighted by Crippen LogP contribution is 2.25. The summed E-state index contributed by atoms with van der Waals surface area (Å²) in [5.74, 6) is 0.241. The molecular weight excluding hydrogens is 262 g/mol. The van der Waals surface area contributed by atoms with Crippen LogP contribution in [0.25, 0.3) is 0 Å². The van der Waals surface area contributed by atoms with E-state index in [4.69, 9.17) is 0 Å². The number of carbonyl (C=O) groups excluding carboxylic acids is 1. The number of hydrogen-bond acceptors (Lipinski definition) is 3. The summed E-state index contributed by atoms with van der Waals surface area (Å²) in [5, 5.41) is 6.63. The maximum Gasteiger partial charge on any atom is 0.237 e. The zero-order valence-electron chi connectivity index (χ0n) is 13.3. The maximum atomic E-state index is 12.3. The summed E-state index contributed by atoms with van der Waals surface area (Å²) >= 11 is 0. The molecule has 120 valence electrons. The summed E-state index contributed by atoms with van der Waals surface area (Å²) in [4.78, 5) is 14.9. The molecule has 3 aliphatic rings. The van der Waals surface area contributed by atoms with E-state index in [1.165, 1.54) is 58.0 Å². The molecule has 0 bridgehead atoms. The van der Waals surface area contributed by atoms with Gasteiger partial charge in [-0.25, -0.2) is 0 Å². The second-order valence-corrected chi connectivity index (χ2v) is 7.11. The van der Waals surface area contributed by atoms with Crippen molar-refractivity contribution >= 4 is 5.91 Å². The largest absolute Gasteiger partial charge is 0.352 e. The Morgan fingerprint density at radius 2 is 1.62 bits per heavy atom. The van der Waals surface area contributed by atoms with Crippen LogP contribution in [0.2, 0.25) is 0 Å². The van der Waals surface area contributed by atoms with Crippen molar-refractivity contribution in [1.29, 1.82) is 0 Å². The lowest BCUT2D eigenvalue weighted by Gasteiger charge is -2.39. The first-order chi connectivity index (χ1) is 10.3. The Balaban J connectivity index is 1.39. The number of nitrogens with zero attached hydrogens (tertiary/aromatic N) is 1. The first-order valence-electron chi connectivity index (χ1n) is 9.11. The van der Waals surface area contributed by atoms with Gasteiger partial charge < -0.3 is 15.5 Å². The molecule has 1 saturated carbocycles. The summed E-state index contributed by atoms with van der Waals surface area (Å²) in [7, 11) is 0. The molecule has 2 N–H and O–H groups in total. The van der Waals surface area contributed by atoms with E-state index in [-0.39, 0.29) is 11.9 Å². The average molecular weight is 293 g/mol. The predicted molar refractivity (Wildman–Crippen MR) is 85.3 cm³/mol. The van der Waals surface area contributed by atoms with Crippen LogP contribution in [-0.4, -0.2) is 48.6 Å². The van der Waals surface area contributed by atoms with Gasteiger partial charge in [-0.15, -0.1) is 0 Å². The van der Waals surface area contributed by atoms with E-state index in [9.17, 15) is 4.79 Å². The highest BCUT2D eigenvalue weighted by Gasteiger charge is 2.28. The molecule has 4 nitrogen and oxygen atoms in total. The first kappa shape index (κ1) is 15.3. The minimum absolute atomic E-state index is 0.0649. The molecule has 2 aliphatic heterocycles. The Bertz CT molecular complexity index is 327. The third kappa shape index (κ3) is 4.19. The lowest BCUT2D eigenvalue weighted by molar-refractivity contribution is -0.124. The number of hydrogen-bond donors (Lipinski definition) is 2. The molecule has 1 atom stereocenters. The van der Waals surface area contributed by atoms with Crippen LogP contribution in [0.3, 0.4) is 0 Å². The summed E-state index contributed by atoms with van der Waals surface area (Å²) in [6.07, 6.45) is 12.7. The van der Waals surface area contributed by atoms with Crippen molar-refractivity contribution in [2.24, 2.45) is 0 Å². The van der Waals surface area contributed by atoms with Crippen LogP contribution < -0.4 is 10.6 Å². The van der Waals surface area contributed by atoms with Crippen molar-refractivity contribution < 1.29 is 4.79 Å². The third-order valence-corrected chi connectivity index (χ3v) is 5.59. The SMILES string of the molecule is O=C(NC1CCN(C2CCCCC2)CC1)[C@H]1CCCCN1. The lowest BCUT2D eigenvalue weighted by atomic mass is 9.92. The molecule has 2 saturated heterocycles. The molecule has 4 heteroatoms. The molecular formula is C17H31N3O. The van der Waals surface area contributed by atoms with Gasteiger partial charge in [0.25, 0.3) is 0 Å². The van der Waals surface area contributed by atoms with Crippen molar-refractivity contribution in [3.05, 3.63) is 0 Å². The van der Waals surface area contributed by atoms with E-state index < -0.39 is 0 Å². The summed E-state index contributed by atoms with van der Waals surface area (Å²) in [5.41, 5.74) is 0. The third-order valence-electron chi connectivity index (χ3n) is 5.59. The van der Waals surface area contributed by atoms with Crippen LogP contribution in [0.4, 0.5) is 0 Å². The molecule has 0 aromatic carbocycles. The number of piperidine rings is 2. The second-order valence-electron chi connectivity index (χ2n) is 7.11. The fourth-order valence-electron chi connectivity index (χ4n) is 4.23. The minimum Gasteiger partial charge on any atom is -0.352 e. The Morgan fingerprint density at radius 3 is 2.29 bits per heavy atom. The smallest absolute Gasteiger partial charge is 0.237 e. The van der Waals surface area contributed by atoms with Gasteiger partial charge in [0.1, 0.15) is 0 Å². The van der Waals surface area contributed by atoms with Crippen LogP contribution in [-0.2, 0) is 4.79 Å². The Morgan fingerprint density at radius 1 is 0.905 bits per heavy atom. The van der Waals surface area contributed by atoms with Crippen LogP contribution >= 0.6 is 0 Å². The monoisotopic (exact) mass is 293 g/mol. The van der Waals surface area contributed by atoms with Crippen molar-refractivity contribution in [3.63, 3.8) is 0 Å². The van der Waals surface area contributed by atoms with Gasteiger partial charge in [-0.05, 0) is 45.1 Å². The standard InChI is InChI=1S/C17H31N3O/c21-17(16-8-4-5-11-18-16)19-14-9-12-20(13-10-14)15-6-2-1-3-7-15/h14-16,18H,1-13H2,(H,19,21)/t16-/m1/s1. The van der Waals surface area contributed by atoms with E-state index in [1.54, 1.807) is 0 Å². The molecule has 21 heavy (non-hydrogen) atoms. The number of nitrogens with one attached hydrogen (secondary N) is 2. The summed E-state index contributed by atoms with van der Waals surface area (Å²) in [6, 6.07) is 1.30. The van der Waals surface area contributed by atoms with Crippen molar-refractivity contribution in [3.8, 4) is 0 Å². The van der Waals surface area contributed by atoms with Gasteiger partial charge in [0.15, 0.2) is 0 Å². The minimum atomic E-state index is 0.0649. The van der Waals surface area contributed by atoms with Gasteiger partial charge in [-0.2, -0.15) is 0 Å². The molecule has 3 rings (SSSR count). The Labute approximate surface area is 129 Å². The molecule has 0 radical (unpaired) electrons. The molecule has 0 spiro atoms. The lowest BCUT2D eigenvalue weighted by Crippen LogP contribution is -2.53. The topological polar surface area (TPSA) is 44.4 Å². The van der Waals surface area contributed by atoms with Crippen molar-refractivity contribution in [2.45, 2.75) is 82.3 Å². The molecule has 0 aromatic heterocycles. The van der Waals surface area contributed by atoms with Gasteiger partial charge in [0.2, 0.25) is 5.91 Å². The molecule has 1 aliphatic carbocycles. The number of amides is 1. The van der Waals surface area contributed by atoms with Gasteiger partial charge in [-0.3, -0.25) is 4.79 Å². The van der Waals surface area contributed by atoms with E-state index in [1.807, 2.05) is 0 Å². The van der Waals surface area contributed by atoms with Gasteiger partial charge in [0.05, 0.1) is 6.04 Å². The molecule has 3 fully saturated rings. The molecule has 2 heterocycles. The Hall–Kier alpha value is -0.610. The quantitative estimate of drug-likeness (QED) is 0.837. The normalized spacial score (nSPS) is 30.2. The van der Waals surface area contributed by atoms with E-state index in [0.717, 1.165) is 31.8 Å². The zero-order chi connectivity index (χ0) is 14.5. The van der Waals surface area contributed by atoms with E-state index in [0.29, 0.717) is 6.04 Å². The average Bonchev–Trinajstić information content (AvgIpc) is 2.57. The highest BCUT2D eigenvalue weighted by atomic mass is 16.2. The van der Waals surface area contributed by atoms with Crippen LogP contribution in [0.5, 0.6) is 0 Å². The summed E-state index contributed by atoms with van der Waals surface area (Å²) in [6.45, 7) is 3.35. The van der Waals surface area contributed by atoms with Gasteiger partial charge in [0, 0.05) is 25.2 Å². The second kappa shape index (κ2) is 7.59. The van der Waals surface area contributed by atoms with Gasteiger partial charge >= 0.3 is 0 Å². The Kier molecular flexibility index (Phi) is 5.53. The van der Waals surface area contributed by atoms with Crippen LogP contribution in [0.15, 0.2) is 0 Å². The van der Waals surface area contributed by atoms with Crippen LogP contribution in [0.1, 0.15) is 64.2 Å². The number of rotatable bonds is 3. The molecule has 0 aromatic rings. The predicted octanol–water partition coefficient (Wildman–Crippen LogP) is 2.04. The fraction of sp³-hybridized carbons (Fsp3) is 0.941. The maximum absolute atomic E-state index is 12.3. The molecule has 0 unspecified atom stereocenters. The number of carbonyl (C=O) groups is 1. The fourth-order valence-corrected chi connectivity index (χ4v) is 4.23. The van der Waals surface area contributed by atoms with E-state index >= 15 is 0 Å². The number of likely N-dealkylation sites (tertiary alicyclic amines) is 1. The van der Waals surface area contributed by atoms with Crippen molar-refractivity contribution in [1.82, 2.24) is 15.5 Å². The van der Waals surface area contributed by atoms with Gasteiger partial charge in [-0.1, -0.05) is 25.7 Å². The summed E-state index contributed by atoms with van der Waals surface area (Å²) < 4.78 is 0. The molecule has 1 amide bonds. The van der Waals surface area contributed by atoms with Crippen molar-refractivity contribution in [2.75, 3.05) is 19.6 Å². The zero-order valence-corrected chi connectivity index (χ0v) is 13.3. The first-order valence-corrected chi connectivity index (χ1v) is 9.11. The highest BCUT2D eigenvalue weighted by molar-refractivity contribution is 5.82. The van der Waals surface area contributed by atoms with E-state index in [2.05, 4.69) is 15.5 Å². The van der Waals surface area contributed by atoms with Crippen LogP contribution in [0, 0.1) is 0 Å².